The third-order valence-electron chi connectivity index (χ3n) is 2.46. The van der Waals surface area contributed by atoms with Crippen LogP contribution >= 0.6 is 0 Å². The van der Waals surface area contributed by atoms with Crippen LogP contribution in [0.2, 0.25) is 0 Å². The Hall–Kier alpha value is -1.20. The van der Waals surface area contributed by atoms with E-state index in [1.54, 1.807) is 10.8 Å². The molecule has 102 valence electrons. The summed E-state index contributed by atoms with van der Waals surface area (Å²) in [5, 5.41) is 3.29. The number of nitrogens with one attached hydrogen (secondary N) is 1. The standard InChI is InChI=1S/C13H23N3O2/c1-11(2)18-8-4-5-14-6-7-16-10-12(3)9-15-13(16)17/h9-11,14H,4-8H2,1-3H3. The van der Waals surface area contributed by atoms with E-state index >= 15 is 0 Å². The molecule has 0 radical (unpaired) electrons. The SMILES string of the molecule is Cc1cnc(=O)n(CCNCCCOC(C)C)c1. The van der Waals surface area contributed by atoms with Gasteiger partial charge in [-0.15, -0.1) is 0 Å². The number of nitrogens with zero attached hydrogens (tertiary/aromatic N) is 2. The summed E-state index contributed by atoms with van der Waals surface area (Å²) in [5.41, 5.74) is 0.811. The Bertz CT molecular complexity index is 401. The van der Waals surface area contributed by atoms with Crippen LogP contribution < -0.4 is 11.0 Å². The molecule has 0 aliphatic rings. The van der Waals surface area contributed by atoms with Crippen molar-refractivity contribution in [2.45, 2.75) is 39.8 Å². The summed E-state index contributed by atoms with van der Waals surface area (Å²) >= 11 is 0. The van der Waals surface area contributed by atoms with Crippen LogP contribution in [-0.2, 0) is 11.3 Å². The molecule has 0 spiro atoms. The molecule has 5 heteroatoms. The number of rotatable bonds is 8. The van der Waals surface area contributed by atoms with Crippen LogP contribution in [0.25, 0.3) is 0 Å². The molecule has 1 N–H and O–H groups in total. The number of hydrogen-bond donors (Lipinski definition) is 1. The minimum absolute atomic E-state index is 0.189. The predicted molar refractivity (Wildman–Crippen MR) is 71.8 cm³/mol. The first-order valence-electron chi connectivity index (χ1n) is 6.45. The molecule has 0 aromatic carbocycles. The van der Waals surface area contributed by atoms with E-state index in [1.165, 1.54) is 0 Å². The highest BCUT2D eigenvalue weighted by Gasteiger charge is 1.97. The molecule has 0 aliphatic heterocycles. The zero-order valence-electron chi connectivity index (χ0n) is 11.5. The topological polar surface area (TPSA) is 56.2 Å². The van der Waals surface area contributed by atoms with Crippen molar-refractivity contribution in [1.29, 1.82) is 0 Å². The van der Waals surface area contributed by atoms with Crippen LogP contribution in [0.1, 0.15) is 25.8 Å². The van der Waals surface area contributed by atoms with Crippen LogP contribution in [0, 0.1) is 6.92 Å². The van der Waals surface area contributed by atoms with Crippen LogP contribution in [0.4, 0.5) is 0 Å². The Morgan fingerprint density at radius 3 is 2.94 bits per heavy atom. The van der Waals surface area contributed by atoms with Crippen molar-refractivity contribution in [3.63, 3.8) is 0 Å². The number of ether oxygens (including phenoxy) is 1. The van der Waals surface area contributed by atoms with Crippen molar-refractivity contribution in [3.8, 4) is 0 Å². The van der Waals surface area contributed by atoms with Crippen LogP contribution in [-0.4, -0.2) is 35.4 Å². The van der Waals surface area contributed by atoms with Gasteiger partial charge in [-0.1, -0.05) is 0 Å². The maximum atomic E-state index is 11.4. The van der Waals surface area contributed by atoms with E-state index in [0.717, 1.165) is 31.7 Å². The maximum absolute atomic E-state index is 11.4. The van der Waals surface area contributed by atoms with Gasteiger partial charge in [0.15, 0.2) is 0 Å². The van der Waals surface area contributed by atoms with Gasteiger partial charge in [0.1, 0.15) is 0 Å². The fourth-order valence-corrected chi connectivity index (χ4v) is 1.57. The molecule has 1 rings (SSSR count). The second-order valence-corrected chi connectivity index (χ2v) is 4.63. The van der Waals surface area contributed by atoms with Gasteiger partial charge in [0.05, 0.1) is 6.10 Å². The highest BCUT2D eigenvalue weighted by Crippen LogP contribution is 1.90. The summed E-state index contributed by atoms with van der Waals surface area (Å²) in [4.78, 5) is 15.2. The molecule has 0 unspecified atom stereocenters. The Morgan fingerprint density at radius 1 is 1.44 bits per heavy atom. The van der Waals surface area contributed by atoms with Gasteiger partial charge in [-0.05, 0) is 39.3 Å². The van der Waals surface area contributed by atoms with Gasteiger partial charge in [-0.25, -0.2) is 9.78 Å². The Balaban J connectivity index is 2.14. The Kier molecular flexibility index (Phi) is 6.60. The lowest BCUT2D eigenvalue weighted by atomic mass is 10.4. The van der Waals surface area contributed by atoms with E-state index in [4.69, 9.17) is 4.74 Å². The van der Waals surface area contributed by atoms with Gasteiger partial charge >= 0.3 is 5.69 Å². The summed E-state index contributed by atoms with van der Waals surface area (Å²) in [5.74, 6) is 0. The summed E-state index contributed by atoms with van der Waals surface area (Å²) < 4.78 is 7.07. The van der Waals surface area contributed by atoms with Crippen molar-refractivity contribution in [1.82, 2.24) is 14.9 Å². The summed E-state index contributed by atoms with van der Waals surface area (Å²) in [7, 11) is 0. The van der Waals surface area contributed by atoms with E-state index in [0.29, 0.717) is 12.6 Å². The minimum atomic E-state index is -0.189. The summed E-state index contributed by atoms with van der Waals surface area (Å²) in [6.07, 6.45) is 4.70. The summed E-state index contributed by atoms with van der Waals surface area (Å²) in [6.45, 7) is 9.09. The van der Waals surface area contributed by atoms with Crippen molar-refractivity contribution in [2.24, 2.45) is 0 Å². The fraction of sp³-hybridized carbons (Fsp3) is 0.692. The lowest BCUT2D eigenvalue weighted by molar-refractivity contribution is 0.0771. The molecule has 0 aliphatic carbocycles. The number of aromatic nitrogens is 2. The largest absolute Gasteiger partial charge is 0.379 e. The molecule has 1 heterocycles. The van der Waals surface area contributed by atoms with Gasteiger partial charge < -0.3 is 10.1 Å². The lowest BCUT2D eigenvalue weighted by Crippen LogP contribution is -2.29. The molecular weight excluding hydrogens is 230 g/mol. The minimum Gasteiger partial charge on any atom is -0.379 e. The first-order valence-corrected chi connectivity index (χ1v) is 6.45. The summed E-state index contributed by atoms with van der Waals surface area (Å²) in [6, 6.07) is 0. The van der Waals surface area contributed by atoms with Crippen LogP contribution in [0.3, 0.4) is 0 Å². The lowest BCUT2D eigenvalue weighted by Gasteiger charge is -2.09. The average Bonchev–Trinajstić information content (AvgIpc) is 2.32. The van der Waals surface area contributed by atoms with Gasteiger partial charge in [0.25, 0.3) is 0 Å². The van der Waals surface area contributed by atoms with Crippen molar-refractivity contribution >= 4 is 0 Å². The maximum Gasteiger partial charge on any atom is 0.347 e. The van der Waals surface area contributed by atoms with Crippen molar-refractivity contribution in [3.05, 3.63) is 28.4 Å². The highest BCUT2D eigenvalue weighted by atomic mass is 16.5. The first-order chi connectivity index (χ1) is 8.59. The predicted octanol–water partition coefficient (Wildman–Crippen LogP) is 0.956. The van der Waals surface area contributed by atoms with Gasteiger partial charge in [-0.3, -0.25) is 4.57 Å². The highest BCUT2D eigenvalue weighted by molar-refractivity contribution is 4.99. The molecule has 0 atom stereocenters. The van der Waals surface area contributed by atoms with E-state index in [-0.39, 0.29) is 5.69 Å². The van der Waals surface area contributed by atoms with Crippen molar-refractivity contribution < 1.29 is 4.74 Å². The van der Waals surface area contributed by atoms with E-state index in [9.17, 15) is 4.79 Å². The zero-order chi connectivity index (χ0) is 13.4. The third kappa shape index (κ3) is 5.93. The second kappa shape index (κ2) is 8.00. The van der Waals surface area contributed by atoms with Crippen LogP contribution in [0.5, 0.6) is 0 Å². The normalized spacial score (nSPS) is 11.1. The Labute approximate surface area is 108 Å². The molecule has 0 bridgehead atoms. The second-order valence-electron chi connectivity index (χ2n) is 4.63. The van der Waals surface area contributed by atoms with Crippen LogP contribution in [0.15, 0.2) is 17.2 Å². The molecular formula is C13H23N3O2. The molecule has 18 heavy (non-hydrogen) atoms. The molecule has 0 saturated heterocycles. The van der Waals surface area contributed by atoms with E-state index < -0.39 is 0 Å². The molecule has 5 nitrogen and oxygen atoms in total. The van der Waals surface area contributed by atoms with Crippen molar-refractivity contribution in [2.75, 3.05) is 19.7 Å². The molecule has 1 aromatic rings. The average molecular weight is 253 g/mol. The zero-order valence-corrected chi connectivity index (χ0v) is 11.5. The third-order valence-corrected chi connectivity index (χ3v) is 2.46. The fourth-order valence-electron chi connectivity index (χ4n) is 1.57. The molecule has 1 aromatic heterocycles. The van der Waals surface area contributed by atoms with E-state index in [2.05, 4.69) is 10.3 Å². The van der Waals surface area contributed by atoms with E-state index in [1.807, 2.05) is 27.0 Å². The monoisotopic (exact) mass is 253 g/mol. The molecule has 0 amide bonds. The number of hydrogen-bond acceptors (Lipinski definition) is 4. The smallest absolute Gasteiger partial charge is 0.347 e. The quantitative estimate of drug-likeness (QED) is 0.701. The first kappa shape index (κ1) is 14.9. The molecule has 0 saturated carbocycles. The van der Waals surface area contributed by atoms with Gasteiger partial charge in [-0.2, -0.15) is 0 Å². The molecule has 0 fully saturated rings. The Morgan fingerprint density at radius 2 is 2.22 bits per heavy atom. The van der Waals surface area contributed by atoms with Gasteiger partial charge in [0.2, 0.25) is 0 Å². The van der Waals surface area contributed by atoms with Gasteiger partial charge in [0, 0.05) is 32.1 Å². The number of aryl methyl sites for hydroxylation is 1.